The van der Waals surface area contributed by atoms with Crippen LogP contribution in [-0.4, -0.2) is 25.7 Å². The fraction of sp³-hybridized carbons (Fsp3) is 0.714. The van der Waals surface area contributed by atoms with Crippen LogP contribution in [0, 0.1) is 6.92 Å². The summed E-state index contributed by atoms with van der Waals surface area (Å²) < 4.78 is 0. The Kier molecular flexibility index (Phi) is 4.23. The molecule has 1 aliphatic heterocycles. The lowest BCUT2D eigenvalue weighted by atomic mass is 9.89. The minimum atomic E-state index is 0.247. The summed E-state index contributed by atoms with van der Waals surface area (Å²) in [6, 6.07) is 2.91. The van der Waals surface area contributed by atoms with Gasteiger partial charge in [0.2, 0.25) is 0 Å². The predicted molar refractivity (Wildman–Crippen MR) is 76.0 cm³/mol. The molecule has 2 nitrogen and oxygen atoms in total. The molecule has 96 valence electrons. The van der Waals surface area contributed by atoms with Gasteiger partial charge in [-0.05, 0) is 43.3 Å². The average molecular weight is 252 g/mol. The maximum atomic E-state index is 3.63. The Balaban J connectivity index is 1.83. The lowest BCUT2D eigenvalue weighted by molar-refractivity contribution is 0.446. The summed E-state index contributed by atoms with van der Waals surface area (Å²) in [5, 5.41) is 9.36. The molecule has 0 spiro atoms. The van der Waals surface area contributed by atoms with Crippen molar-refractivity contribution in [3.63, 3.8) is 0 Å². The zero-order valence-corrected chi connectivity index (χ0v) is 12.0. The number of hydrogen-bond acceptors (Lipinski definition) is 3. The van der Waals surface area contributed by atoms with Gasteiger partial charge >= 0.3 is 0 Å². The first-order chi connectivity index (χ1) is 8.09. The number of thiophene rings is 1. The summed E-state index contributed by atoms with van der Waals surface area (Å²) in [6.45, 7) is 10.2. The first-order valence-corrected chi connectivity index (χ1v) is 7.46. The molecule has 0 radical (unpaired) electrons. The van der Waals surface area contributed by atoms with Crippen molar-refractivity contribution in [1.82, 2.24) is 10.6 Å². The van der Waals surface area contributed by atoms with Gasteiger partial charge in [-0.15, -0.1) is 11.3 Å². The maximum absolute atomic E-state index is 3.63. The normalized spacial score (nSPS) is 21.0. The Hall–Kier alpha value is -0.380. The monoisotopic (exact) mass is 252 g/mol. The molecule has 0 saturated carbocycles. The third-order valence-corrected chi connectivity index (χ3v) is 4.98. The standard InChI is InChI=1S/C14H24N2S/c1-11-6-8-17-13(11)14(2,3)10-15-9-12-5-4-7-16-12/h6,8,12,15-16H,4-5,7,9-10H2,1-3H3. The van der Waals surface area contributed by atoms with Crippen molar-refractivity contribution in [2.24, 2.45) is 0 Å². The van der Waals surface area contributed by atoms with Gasteiger partial charge in [0.1, 0.15) is 0 Å². The summed E-state index contributed by atoms with van der Waals surface area (Å²) in [4.78, 5) is 1.52. The molecule has 2 N–H and O–H groups in total. The smallest absolute Gasteiger partial charge is 0.0192 e. The van der Waals surface area contributed by atoms with Crippen molar-refractivity contribution >= 4 is 11.3 Å². The summed E-state index contributed by atoms with van der Waals surface area (Å²) in [5.74, 6) is 0. The van der Waals surface area contributed by atoms with Gasteiger partial charge in [0.15, 0.2) is 0 Å². The van der Waals surface area contributed by atoms with Crippen molar-refractivity contribution in [2.75, 3.05) is 19.6 Å². The Morgan fingerprint density at radius 1 is 1.53 bits per heavy atom. The largest absolute Gasteiger partial charge is 0.314 e. The highest BCUT2D eigenvalue weighted by atomic mass is 32.1. The van der Waals surface area contributed by atoms with E-state index in [1.54, 1.807) is 0 Å². The minimum absolute atomic E-state index is 0.247. The number of hydrogen-bond donors (Lipinski definition) is 2. The van der Waals surface area contributed by atoms with Gasteiger partial charge in [0.05, 0.1) is 0 Å². The van der Waals surface area contributed by atoms with Crippen LogP contribution in [0.15, 0.2) is 11.4 Å². The fourth-order valence-corrected chi connectivity index (χ4v) is 3.69. The maximum Gasteiger partial charge on any atom is 0.0192 e. The first-order valence-electron chi connectivity index (χ1n) is 6.58. The quantitative estimate of drug-likeness (QED) is 0.842. The zero-order chi connectivity index (χ0) is 12.3. The Bertz CT molecular complexity index is 351. The van der Waals surface area contributed by atoms with E-state index in [0.717, 1.165) is 13.1 Å². The van der Waals surface area contributed by atoms with Crippen LogP contribution >= 0.6 is 11.3 Å². The molecule has 1 aromatic rings. The summed E-state index contributed by atoms with van der Waals surface area (Å²) >= 11 is 1.88. The molecule has 0 amide bonds. The topological polar surface area (TPSA) is 24.1 Å². The van der Waals surface area contributed by atoms with E-state index in [-0.39, 0.29) is 5.41 Å². The van der Waals surface area contributed by atoms with Crippen LogP contribution in [0.5, 0.6) is 0 Å². The van der Waals surface area contributed by atoms with Gasteiger partial charge in [-0.25, -0.2) is 0 Å². The van der Waals surface area contributed by atoms with E-state index >= 15 is 0 Å². The van der Waals surface area contributed by atoms with Crippen molar-refractivity contribution in [3.05, 3.63) is 21.9 Å². The molecule has 0 aliphatic carbocycles. The Labute approximate surface area is 109 Å². The van der Waals surface area contributed by atoms with E-state index < -0.39 is 0 Å². The molecule has 0 aromatic carbocycles. The second kappa shape index (κ2) is 5.51. The summed E-state index contributed by atoms with van der Waals surface area (Å²) in [5.41, 5.74) is 1.68. The van der Waals surface area contributed by atoms with Gasteiger partial charge in [0, 0.05) is 29.4 Å². The number of aryl methyl sites for hydroxylation is 1. The van der Waals surface area contributed by atoms with E-state index in [1.807, 2.05) is 11.3 Å². The number of nitrogens with one attached hydrogen (secondary N) is 2. The molecule has 1 atom stereocenters. The van der Waals surface area contributed by atoms with E-state index in [2.05, 4.69) is 42.9 Å². The van der Waals surface area contributed by atoms with Crippen LogP contribution < -0.4 is 10.6 Å². The molecule has 1 unspecified atom stereocenters. The van der Waals surface area contributed by atoms with Crippen LogP contribution in [0.1, 0.15) is 37.1 Å². The lowest BCUT2D eigenvalue weighted by Crippen LogP contribution is -2.40. The fourth-order valence-electron chi connectivity index (χ4n) is 2.64. The Morgan fingerprint density at radius 3 is 2.94 bits per heavy atom. The SMILES string of the molecule is Cc1ccsc1C(C)(C)CNCC1CCCN1. The molecule has 2 rings (SSSR count). The van der Waals surface area contributed by atoms with Crippen molar-refractivity contribution < 1.29 is 0 Å². The molecule has 0 bridgehead atoms. The molecule has 1 saturated heterocycles. The van der Waals surface area contributed by atoms with E-state index in [1.165, 1.54) is 29.8 Å². The molecular weight excluding hydrogens is 228 g/mol. The van der Waals surface area contributed by atoms with Gasteiger partial charge in [-0.3, -0.25) is 0 Å². The molecule has 17 heavy (non-hydrogen) atoms. The minimum Gasteiger partial charge on any atom is -0.314 e. The second-order valence-electron chi connectivity index (χ2n) is 5.74. The highest BCUT2D eigenvalue weighted by molar-refractivity contribution is 7.10. The van der Waals surface area contributed by atoms with E-state index in [0.29, 0.717) is 6.04 Å². The zero-order valence-electron chi connectivity index (χ0n) is 11.2. The summed E-state index contributed by atoms with van der Waals surface area (Å²) in [6.07, 6.45) is 2.66. The van der Waals surface area contributed by atoms with Gasteiger partial charge in [-0.1, -0.05) is 13.8 Å². The van der Waals surface area contributed by atoms with Gasteiger partial charge in [-0.2, -0.15) is 0 Å². The first kappa shape index (κ1) is 13.1. The lowest BCUT2D eigenvalue weighted by Gasteiger charge is -2.26. The van der Waals surface area contributed by atoms with Crippen LogP contribution in [0.4, 0.5) is 0 Å². The molecular formula is C14H24N2S. The number of rotatable bonds is 5. The Morgan fingerprint density at radius 2 is 2.35 bits per heavy atom. The third kappa shape index (κ3) is 3.30. The molecule has 1 fully saturated rings. The summed E-state index contributed by atoms with van der Waals surface area (Å²) in [7, 11) is 0. The third-order valence-electron chi connectivity index (χ3n) is 3.60. The highest BCUT2D eigenvalue weighted by Gasteiger charge is 2.24. The van der Waals surface area contributed by atoms with Crippen molar-refractivity contribution in [1.29, 1.82) is 0 Å². The van der Waals surface area contributed by atoms with Crippen LogP contribution in [0.25, 0.3) is 0 Å². The highest BCUT2D eigenvalue weighted by Crippen LogP contribution is 2.30. The van der Waals surface area contributed by atoms with Crippen LogP contribution in [0.2, 0.25) is 0 Å². The predicted octanol–water partition coefficient (Wildman–Crippen LogP) is 2.68. The van der Waals surface area contributed by atoms with Crippen molar-refractivity contribution in [2.45, 2.75) is 45.1 Å². The molecule has 2 heterocycles. The van der Waals surface area contributed by atoms with Crippen LogP contribution in [0.3, 0.4) is 0 Å². The molecule has 1 aromatic heterocycles. The van der Waals surface area contributed by atoms with Crippen LogP contribution in [-0.2, 0) is 5.41 Å². The molecule has 1 aliphatic rings. The van der Waals surface area contributed by atoms with E-state index in [4.69, 9.17) is 0 Å². The van der Waals surface area contributed by atoms with Crippen molar-refractivity contribution in [3.8, 4) is 0 Å². The van der Waals surface area contributed by atoms with Gasteiger partial charge < -0.3 is 10.6 Å². The van der Waals surface area contributed by atoms with E-state index in [9.17, 15) is 0 Å². The molecule has 3 heteroatoms. The second-order valence-corrected chi connectivity index (χ2v) is 6.66. The van der Waals surface area contributed by atoms with Gasteiger partial charge in [0.25, 0.3) is 0 Å². The average Bonchev–Trinajstić information content (AvgIpc) is 2.88.